The Balaban J connectivity index is 2.21. The minimum Gasteiger partial charge on any atom is -0.329 e. The summed E-state index contributed by atoms with van der Waals surface area (Å²) in [4.78, 5) is 4.05. The minimum absolute atomic E-state index is 0.411. The SMILES string of the molecule is Cc1ccsc1C(CN)N1CCSC(C)C1C. The Morgan fingerprint density at radius 3 is 2.88 bits per heavy atom. The maximum Gasteiger partial charge on any atom is 0.0570 e. The summed E-state index contributed by atoms with van der Waals surface area (Å²) in [5.41, 5.74) is 7.42. The average molecular weight is 270 g/mol. The van der Waals surface area contributed by atoms with Gasteiger partial charge in [-0.25, -0.2) is 0 Å². The van der Waals surface area contributed by atoms with E-state index in [1.54, 1.807) is 0 Å². The molecule has 3 atom stereocenters. The van der Waals surface area contributed by atoms with Crippen molar-refractivity contribution in [3.63, 3.8) is 0 Å². The van der Waals surface area contributed by atoms with Crippen molar-refractivity contribution in [2.45, 2.75) is 38.1 Å². The summed E-state index contributed by atoms with van der Waals surface area (Å²) in [6.45, 7) is 8.75. The van der Waals surface area contributed by atoms with Crippen LogP contribution in [0.15, 0.2) is 11.4 Å². The number of hydrogen-bond donors (Lipinski definition) is 1. The van der Waals surface area contributed by atoms with Crippen LogP contribution < -0.4 is 5.73 Å². The van der Waals surface area contributed by atoms with Crippen molar-refractivity contribution in [2.75, 3.05) is 18.8 Å². The summed E-state index contributed by atoms with van der Waals surface area (Å²) in [5.74, 6) is 1.23. The zero-order valence-corrected chi connectivity index (χ0v) is 12.5. The maximum atomic E-state index is 6.03. The van der Waals surface area contributed by atoms with Gasteiger partial charge in [0.1, 0.15) is 0 Å². The topological polar surface area (TPSA) is 29.3 Å². The second-order valence-corrected chi connectivity index (χ2v) is 7.21. The molecule has 17 heavy (non-hydrogen) atoms. The fourth-order valence-corrected chi connectivity index (χ4v) is 4.70. The van der Waals surface area contributed by atoms with Crippen molar-refractivity contribution in [3.8, 4) is 0 Å². The Labute approximate surface area is 113 Å². The molecule has 2 N–H and O–H groups in total. The van der Waals surface area contributed by atoms with Crippen LogP contribution in [0.5, 0.6) is 0 Å². The van der Waals surface area contributed by atoms with Gasteiger partial charge in [-0.1, -0.05) is 6.92 Å². The highest BCUT2D eigenvalue weighted by atomic mass is 32.2. The van der Waals surface area contributed by atoms with E-state index in [0.717, 1.165) is 13.1 Å². The van der Waals surface area contributed by atoms with Crippen molar-refractivity contribution in [1.29, 1.82) is 0 Å². The Morgan fingerprint density at radius 1 is 1.53 bits per heavy atom. The molecule has 0 radical (unpaired) electrons. The van der Waals surface area contributed by atoms with E-state index in [-0.39, 0.29) is 0 Å². The molecule has 2 nitrogen and oxygen atoms in total. The fraction of sp³-hybridized carbons (Fsp3) is 0.692. The Kier molecular flexibility index (Phi) is 4.53. The van der Waals surface area contributed by atoms with Crippen molar-refractivity contribution in [3.05, 3.63) is 21.9 Å². The predicted molar refractivity (Wildman–Crippen MR) is 78.9 cm³/mol. The van der Waals surface area contributed by atoms with Crippen LogP contribution in [0, 0.1) is 6.92 Å². The van der Waals surface area contributed by atoms with Crippen molar-refractivity contribution < 1.29 is 0 Å². The first kappa shape index (κ1) is 13.4. The van der Waals surface area contributed by atoms with Crippen LogP contribution in [0.4, 0.5) is 0 Å². The van der Waals surface area contributed by atoms with E-state index in [2.05, 4.69) is 48.9 Å². The van der Waals surface area contributed by atoms with Gasteiger partial charge >= 0.3 is 0 Å². The van der Waals surface area contributed by atoms with Crippen LogP contribution in [0.3, 0.4) is 0 Å². The van der Waals surface area contributed by atoms with E-state index < -0.39 is 0 Å². The van der Waals surface area contributed by atoms with Crippen molar-refractivity contribution >= 4 is 23.1 Å². The molecule has 4 heteroatoms. The second kappa shape index (κ2) is 5.74. The molecule has 1 aliphatic rings. The molecule has 0 amide bonds. The summed E-state index contributed by atoms with van der Waals surface area (Å²) >= 11 is 3.93. The molecule has 0 saturated carbocycles. The van der Waals surface area contributed by atoms with E-state index in [4.69, 9.17) is 5.73 Å². The molecular weight excluding hydrogens is 248 g/mol. The lowest BCUT2D eigenvalue weighted by Crippen LogP contribution is -2.48. The first-order valence-electron chi connectivity index (χ1n) is 6.26. The Morgan fingerprint density at radius 2 is 2.29 bits per heavy atom. The summed E-state index contributed by atoms with van der Waals surface area (Å²) in [5, 5.41) is 2.89. The summed E-state index contributed by atoms with van der Waals surface area (Å²) in [6, 6.07) is 3.23. The quantitative estimate of drug-likeness (QED) is 0.916. The zero-order chi connectivity index (χ0) is 12.4. The van der Waals surface area contributed by atoms with E-state index in [1.807, 2.05) is 11.3 Å². The minimum atomic E-state index is 0.411. The van der Waals surface area contributed by atoms with Gasteiger partial charge in [0, 0.05) is 35.0 Å². The Bertz CT molecular complexity index is 364. The van der Waals surface area contributed by atoms with Gasteiger partial charge in [-0.05, 0) is 30.9 Å². The fourth-order valence-electron chi connectivity index (χ4n) is 2.52. The van der Waals surface area contributed by atoms with Gasteiger partial charge < -0.3 is 5.73 Å². The molecule has 2 heterocycles. The third kappa shape index (κ3) is 2.70. The normalized spacial score (nSPS) is 28.2. The lowest BCUT2D eigenvalue weighted by molar-refractivity contribution is 0.152. The molecule has 1 aliphatic heterocycles. The van der Waals surface area contributed by atoms with Crippen LogP contribution in [0.1, 0.15) is 30.3 Å². The molecule has 0 bridgehead atoms. The number of nitrogens with two attached hydrogens (primary N) is 1. The molecular formula is C13H22N2S2. The van der Waals surface area contributed by atoms with Crippen LogP contribution >= 0.6 is 23.1 Å². The summed E-state index contributed by atoms with van der Waals surface area (Å²) in [7, 11) is 0. The lowest BCUT2D eigenvalue weighted by atomic mass is 10.1. The zero-order valence-electron chi connectivity index (χ0n) is 10.8. The molecule has 96 valence electrons. The maximum absolute atomic E-state index is 6.03. The van der Waals surface area contributed by atoms with E-state index in [0.29, 0.717) is 17.3 Å². The van der Waals surface area contributed by atoms with E-state index in [9.17, 15) is 0 Å². The van der Waals surface area contributed by atoms with Crippen LogP contribution in [-0.2, 0) is 0 Å². The third-order valence-corrected chi connectivity index (χ3v) is 6.22. The number of thioether (sulfide) groups is 1. The molecule has 1 aromatic heterocycles. The molecule has 1 fully saturated rings. The van der Waals surface area contributed by atoms with E-state index in [1.165, 1.54) is 16.2 Å². The predicted octanol–water partition coefficient (Wildman–Crippen LogP) is 2.88. The second-order valence-electron chi connectivity index (χ2n) is 4.77. The number of rotatable bonds is 3. The molecule has 2 rings (SSSR count). The van der Waals surface area contributed by atoms with Gasteiger partial charge in [-0.2, -0.15) is 11.8 Å². The molecule has 0 aliphatic carbocycles. The monoisotopic (exact) mass is 270 g/mol. The standard InChI is InChI=1S/C13H22N2S2/c1-9-4-6-17-13(9)12(8-14)15-5-7-16-11(3)10(15)2/h4,6,10-12H,5,7-8,14H2,1-3H3. The highest BCUT2D eigenvalue weighted by Gasteiger charge is 2.31. The number of thiophene rings is 1. The lowest BCUT2D eigenvalue weighted by Gasteiger charge is -2.42. The molecule has 0 spiro atoms. The van der Waals surface area contributed by atoms with Crippen LogP contribution in [-0.4, -0.2) is 35.0 Å². The van der Waals surface area contributed by atoms with Gasteiger partial charge in [-0.3, -0.25) is 4.90 Å². The van der Waals surface area contributed by atoms with Gasteiger partial charge in [0.15, 0.2) is 0 Å². The molecule has 1 saturated heterocycles. The highest BCUT2D eigenvalue weighted by Crippen LogP contribution is 2.34. The van der Waals surface area contributed by atoms with Crippen molar-refractivity contribution in [1.82, 2.24) is 4.90 Å². The number of nitrogens with zero attached hydrogens (tertiary/aromatic N) is 1. The van der Waals surface area contributed by atoms with Gasteiger partial charge in [0.2, 0.25) is 0 Å². The van der Waals surface area contributed by atoms with E-state index >= 15 is 0 Å². The molecule has 0 aromatic carbocycles. The average Bonchev–Trinajstić information content (AvgIpc) is 2.72. The van der Waals surface area contributed by atoms with Crippen molar-refractivity contribution in [2.24, 2.45) is 5.73 Å². The van der Waals surface area contributed by atoms with Gasteiger partial charge in [0.05, 0.1) is 6.04 Å². The molecule has 3 unspecified atom stereocenters. The molecule has 1 aromatic rings. The van der Waals surface area contributed by atoms with Gasteiger partial charge in [-0.15, -0.1) is 11.3 Å². The highest BCUT2D eigenvalue weighted by molar-refractivity contribution is 8.00. The smallest absolute Gasteiger partial charge is 0.0570 e. The van der Waals surface area contributed by atoms with Gasteiger partial charge in [0.25, 0.3) is 0 Å². The van der Waals surface area contributed by atoms with Crippen LogP contribution in [0.25, 0.3) is 0 Å². The van der Waals surface area contributed by atoms with Crippen LogP contribution in [0.2, 0.25) is 0 Å². The first-order valence-corrected chi connectivity index (χ1v) is 8.19. The number of aryl methyl sites for hydroxylation is 1. The third-order valence-electron chi connectivity index (χ3n) is 3.76. The number of hydrogen-bond acceptors (Lipinski definition) is 4. The summed E-state index contributed by atoms with van der Waals surface area (Å²) < 4.78 is 0. The largest absolute Gasteiger partial charge is 0.329 e. The Hall–Kier alpha value is -0.0300. The first-order chi connectivity index (χ1) is 8.15. The summed E-state index contributed by atoms with van der Waals surface area (Å²) in [6.07, 6.45) is 0.